The highest BCUT2D eigenvalue weighted by atomic mass is 79.9. The topological polar surface area (TPSA) is 86.7 Å². The maximum Gasteiger partial charge on any atom is 0.259 e. The van der Waals surface area contributed by atoms with Gasteiger partial charge in [0.25, 0.3) is 5.91 Å². The third-order valence-electron chi connectivity index (χ3n) is 5.15. The molecule has 168 valence electrons. The number of rotatable bonds is 9. The van der Waals surface area contributed by atoms with Gasteiger partial charge in [0.15, 0.2) is 5.96 Å². The van der Waals surface area contributed by atoms with Crippen molar-refractivity contribution >= 4 is 39.1 Å². The summed E-state index contributed by atoms with van der Waals surface area (Å²) < 4.78 is 11.8. The second-order valence-electron chi connectivity index (χ2n) is 7.28. The fraction of sp³-hybridized carbons (Fsp3) is 0.455. The van der Waals surface area contributed by atoms with Crippen molar-refractivity contribution in [3.63, 3.8) is 0 Å². The second-order valence-corrected chi connectivity index (χ2v) is 9.19. The molecular formula is C22H29BrN4O3S. The number of aryl methyl sites for hydroxylation is 2. The van der Waals surface area contributed by atoms with E-state index in [1.807, 2.05) is 29.6 Å². The molecule has 0 spiro atoms. The first-order valence-corrected chi connectivity index (χ1v) is 12.1. The zero-order valence-corrected chi connectivity index (χ0v) is 20.1. The number of thiophene rings is 1. The third kappa shape index (κ3) is 7.31. The molecule has 1 saturated heterocycles. The summed E-state index contributed by atoms with van der Waals surface area (Å²) in [5.41, 5.74) is 1.71. The Labute approximate surface area is 195 Å². The van der Waals surface area contributed by atoms with E-state index in [1.165, 1.54) is 0 Å². The van der Waals surface area contributed by atoms with Gasteiger partial charge in [0.1, 0.15) is 5.75 Å². The van der Waals surface area contributed by atoms with Gasteiger partial charge in [-0.1, -0.05) is 15.9 Å². The summed E-state index contributed by atoms with van der Waals surface area (Å²) in [5.74, 6) is 0.634. The van der Waals surface area contributed by atoms with E-state index in [9.17, 15) is 4.79 Å². The van der Waals surface area contributed by atoms with Crippen molar-refractivity contribution in [2.45, 2.75) is 19.3 Å². The molecule has 31 heavy (non-hydrogen) atoms. The standard InChI is InChI=1S/C22H29BrN4O3S/c1-29-19-5-4-17(23)15-16(19)3-6-20-18(7-14-31-20)21(28)26-22(24)25-8-2-9-27-10-12-30-13-11-27/h4-5,7,14-15H,2-3,6,8-13H2,1H3,(H3,24,25,26,28). The summed E-state index contributed by atoms with van der Waals surface area (Å²) in [6.07, 6.45) is 2.41. The van der Waals surface area contributed by atoms with Crippen LogP contribution in [0.25, 0.3) is 0 Å². The van der Waals surface area contributed by atoms with E-state index in [4.69, 9.17) is 14.9 Å². The Balaban J connectivity index is 1.45. The van der Waals surface area contributed by atoms with Crippen molar-refractivity contribution in [2.24, 2.45) is 0 Å². The lowest BCUT2D eigenvalue weighted by atomic mass is 10.1. The van der Waals surface area contributed by atoms with E-state index < -0.39 is 0 Å². The van der Waals surface area contributed by atoms with Crippen molar-refractivity contribution < 1.29 is 14.3 Å². The maximum absolute atomic E-state index is 12.7. The Morgan fingerprint density at radius 2 is 2.10 bits per heavy atom. The van der Waals surface area contributed by atoms with Crippen LogP contribution in [0.15, 0.2) is 34.1 Å². The van der Waals surface area contributed by atoms with Crippen molar-refractivity contribution in [1.29, 1.82) is 5.41 Å². The molecule has 0 atom stereocenters. The first kappa shape index (κ1) is 23.7. The molecule has 0 radical (unpaired) electrons. The zero-order chi connectivity index (χ0) is 22.1. The summed E-state index contributed by atoms with van der Waals surface area (Å²) in [5, 5.41) is 15.6. The smallest absolute Gasteiger partial charge is 0.259 e. The molecule has 1 aliphatic rings. The van der Waals surface area contributed by atoms with E-state index in [0.717, 1.165) is 72.8 Å². The molecule has 3 N–H and O–H groups in total. The summed E-state index contributed by atoms with van der Waals surface area (Å²) in [4.78, 5) is 16.0. The third-order valence-corrected chi connectivity index (χ3v) is 6.62. The number of nitrogens with zero attached hydrogens (tertiary/aromatic N) is 1. The van der Waals surface area contributed by atoms with Crippen LogP contribution in [0.3, 0.4) is 0 Å². The Kier molecular flexibility index (Phi) is 9.32. The van der Waals surface area contributed by atoms with E-state index in [1.54, 1.807) is 18.4 Å². The lowest BCUT2D eigenvalue weighted by Gasteiger charge is -2.26. The Bertz CT molecular complexity index is 883. The van der Waals surface area contributed by atoms with Gasteiger partial charge in [-0.3, -0.25) is 20.4 Å². The summed E-state index contributed by atoms with van der Waals surface area (Å²) in [6, 6.07) is 7.75. The van der Waals surface area contributed by atoms with Crippen LogP contribution in [0.5, 0.6) is 5.75 Å². The molecule has 1 fully saturated rings. The fourth-order valence-corrected chi connectivity index (χ4v) is 4.78. The maximum atomic E-state index is 12.7. The van der Waals surface area contributed by atoms with Crippen molar-refractivity contribution in [1.82, 2.24) is 15.5 Å². The number of carbonyl (C=O) groups excluding carboxylic acids is 1. The molecule has 3 rings (SSSR count). The average Bonchev–Trinajstić information content (AvgIpc) is 3.25. The van der Waals surface area contributed by atoms with Gasteiger partial charge in [0.05, 0.1) is 25.9 Å². The van der Waals surface area contributed by atoms with Crippen LogP contribution < -0.4 is 15.4 Å². The van der Waals surface area contributed by atoms with Gasteiger partial charge in [0.2, 0.25) is 0 Å². The molecule has 1 aromatic carbocycles. The number of guanidine groups is 1. The highest BCUT2D eigenvalue weighted by Crippen LogP contribution is 2.26. The number of hydrogen-bond donors (Lipinski definition) is 3. The van der Waals surface area contributed by atoms with Crippen LogP contribution in [0.1, 0.15) is 27.2 Å². The molecule has 2 heterocycles. The van der Waals surface area contributed by atoms with Gasteiger partial charge < -0.3 is 14.8 Å². The molecule has 0 aliphatic carbocycles. The van der Waals surface area contributed by atoms with Crippen LogP contribution in [-0.4, -0.2) is 63.3 Å². The van der Waals surface area contributed by atoms with Crippen LogP contribution in [0.4, 0.5) is 0 Å². The van der Waals surface area contributed by atoms with E-state index in [0.29, 0.717) is 12.1 Å². The van der Waals surface area contributed by atoms with Gasteiger partial charge in [0, 0.05) is 29.0 Å². The summed E-state index contributed by atoms with van der Waals surface area (Å²) >= 11 is 5.06. The minimum Gasteiger partial charge on any atom is -0.496 e. The van der Waals surface area contributed by atoms with E-state index in [2.05, 4.69) is 31.5 Å². The van der Waals surface area contributed by atoms with Gasteiger partial charge in [-0.2, -0.15) is 0 Å². The largest absolute Gasteiger partial charge is 0.496 e. The minimum atomic E-state index is -0.247. The van der Waals surface area contributed by atoms with Crippen molar-refractivity contribution in [2.75, 3.05) is 46.5 Å². The van der Waals surface area contributed by atoms with Crippen LogP contribution in [0.2, 0.25) is 0 Å². The minimum absolute atomic E-state index is 0.0396. The fourth-order valence-electron chi connectivity index (χ4n) is 3.49. The summed E-state index contributed by atoms with van der Waals surface area (Å²) in [6.45, 7) is 5.11. The average molecular weight is 509 g/mol. The molecule has 7 nitrogen and oxygen atoms in total. The number of carbonyl (C=O) groups is 1. The highest BCUT2D eigenvalue weighted by Gasteiger charge is 2.15. The predicted octanol–water partition coefficient (Wildman–Crippen LogP) is 3.28. The van der Waals surface area contributed by atoms with Gasteiger partial charge in [-0.05, 0) is 61.0 Å². The van der Waals surface area contributed by atoms with E-state index >= 15 is 0 Å². The number of methoxy groups -OCH3 is 1. The summed E-state index contributed by atoms with van der Waals surface area (Å²) in [7, 11) is 1.66. The molecule has 0 saturated carbocycles. The Morgan fingerprint density at radius 1 is 1.29 bits per heavy atom. The molecule has 0 bridgehead atoms. The van der Waals surface area contributed by atoms with E-state index in [-0.39, 0.29) is 11.9 Å². The number of amides is 1. The molecule has 9 heteroatoms. The van der Waals surface area contributed by atoms with Gasteiger partial charge >= 0.3 is 0 Å². The number of halogens is 1. The Hall–Kier alpha value is -1.94. The zero-order valence-electron chi connectivity index (χ0n) is 17.7. The van der Waals surface area contributed by atoms with Crippen LogP contribution in [0, 0.1) is 5.41 Å². The normalized spacial score (nSPS) is 14.3. The van der Waals surface area contributed by atoms with Crippen molar-refractivity contribution in [3.05, 3.63) is 50.1 Å². The SMILES string of the molecule is COc1ccc(Br)cc1CCc1sccc1C(=O)NC(=N)NCCCN1CCOCC1. The first-order chi connectivity index (χ1) is 15.1. The van der Waals surface area contributed by atoms with Gasteiger partial charge in [-0.25, -0.2) is 0 Å². The quantitative estimate of drug-likeness (QED) is 0.275. The van der Waals surface area contributed by atoms with Crippen molar-refractivity contribution in [3.8, 4) is 5.75 Å². The van der Waals surface area contributed by atoms with Gasteiger partial charge in [-0.15, -0.1) is 11.3 Å². The second kappa shape index (κ2) is 12.2. The molecule has 1 amide bonds. The first-order valence-electron chi connectivity index (χ1n) is 10.4. The number of nitrogens with one attached hydrogen (secondary N) is 3. The highest BCUT2D eigenvalue weighted by molar-refractivity contribution is 9.10. The van der Waals surface area contributed by atoms with Crippen LogP contribution >= 0.6 is 27.3 Å². The van der Waals surface area contributed by atoms with Crippen LogP contribution in [-0.2, 0) is 17.6 Å². The predicted molar refractivity (Wildman–Crippen MR) is 127 cm³/mol. The lowest BCUT2D eigenvalue weighted by Crippen LogP contribution is -2.42. The molecule has 2 aromatic rings. The lowest BCUT2D eigenvalue weighted by molar-refractivity contribution is 0.0376. The molecule has 1 aromatic heterocycles. The molecule has 0 unspecified atom stereocenters. The number of morpholine rings is 1. The monoisotopic (exact) mass is 508 g/mol. The number of ether oxygens (including phenoxy) is 2. The molecule has 1 aliphatic heterocycles. The number of hydrogen-bond acceptors (Lipinski definition) is 6. The Morgan fingerprint density at radius 3 is 2.87 bits per heavy atom. The molecular weight excluding hydrogens is 480 g/mol. The number of benzene rings is 1.